The second kappa shape index (κ2) is 25.7. The topological polar surface area (TPSA) is 218 Å². The lowest BCUT2D eigenvalue weighted by Crippen LogP contribution is -2.54. The maximum Gasteiger partial charge on any atom is 0.264 e. The molecule has 5 amide bonds. The van der Waals surface area contributed by atoms with Gasteiger partial charge in [-0.2, -0.15) is 5.10 Å². The third-order valence-electron chi connectivity index (χ3n) is 13.6. The molecule has 0 aliphatic carbocycles. The van der Waals surface area contributed by atoms with E-state index in [2.05, 4.69) is 20.7 Å². The Labute approximate surface area is 431 Å². The Morgan fingerprint density at radius 2 is 1.40 bits per heavy atom. The molecule has 9 rings (SSSR count). The molecule has 1 atom stereocenters. The van der Waals surface area contributed by atoms with E-state index in [0.717, 1.165) is 23.3 Å². The van der Waals surface area contributed by atoms with Gasteiger partial charge in [0.1, 0.15) is 17.7 Å². The Morgan fingerprint density at radius 1 is 0.747 bits per heavy atom. The van der Waals surface area contributed by atoms with Crippen LogP contribution in [0, 0.1) is 11.6 Å². The van der Waals surface area contributed by atoms with Crippen LogP contribution in [0.3, 0.4) is 0 Å². The molecular weight excluding hydrogens is 977 g/mol. The van der Waals surface area contributed by atoms with E-state index in [1.54, 1.807) is 42.7 Å². The monoisotopic (exact) mass is 1040 g/mol. The first-order valence-corrected chi connectivity index (χ1v) is 25.5. The fraction of sp³-hybridized carbons (Fsp3) is 0.472. The molecule has 3 saturated heterocycles. The van der Waals surface area contributed by atoms with Crippen LogP contribution < -0.4 is 10.6 Å². The van der Waals surface area contributed by atoms with Crippen molar-refractivity contribution in [3.05, 3.63) is 95.4 Å². The molecule has 0 spiro atoms. The van der Waals surface area contributed by atoms with Crippen molar-refractivity contribution in [3.63, 3.8) is 0 Å². The number of piperidine rings is 2. The summed E-state index contributed by atoms with van der Waals surface area (Å²) in [6.07, 6.45) is 7.24. The predicted molar refractivity (Wildman–Crippen MR) is 267 cm³/mol. The van der Waals surface area contributed by atoms with Crippen LogP contribution in [0.2, 0.25) is 0 Å². The van der Waals surface area contributed by atoms with Gasteiger partial charge in [-0.3, -0.25) is 48.8 Å². The molecule has 2 aromatic heterocycles. The van der Waals surface area contributed by atoms with Gasteiger partial charge in [-0.25, -0.2) is 13.8 Å². The average Bonchev–Trinajstić information content (AvgIpc) is 4.02. The highest BCUT2D eigenvalue weighted by Gasteiger charge is 2.45. The highest BCUT2D eigenvalue weighted by Crippen LogP contribution is 2.34. The summed E-state index contributed by atoms with van der Waals surface area (Å²) in [5.74, 6) is -3.39. The van der Waals surface area contributed by atoms with Crippen LogP contribution in [0.15, 0.2) is 67.1 Å². The number of halogens is 2. The summed E-state index contributed by atoms with van der Waals surface area (Å²) < 4.78 is 66.1. The summed E-state index contributed by atoms with van der Waals surface area (Å²) >= 11 is 0. The highest BCUT2D eigenvalue weighted by atomic mass is 19.1. The van der Waals surface area contributed by atoms with Gasteiger partial charge >= 0.3 is 0 Å². The first-order valence-electron chi connectivity index (χ1n) is 25.5. The summed E-state index contributed by atoms with van der Waals surface area (Å²) in [4.78, 5) is 77.5. The van der Waals surface area contributed by atoms with E-state index in [4.69, 9.17) is 33.4 Å². The van der Waals surface area contributed by atoms with E-state index in [1.165, 1.54) is 12.1 Å². The van der Waals surface area contributed by atoms with Crippen molar-refractivity contribution in [3.8, 4) is 22.4 Å². The standard InChI is InChI=1S/C53H61F2N9O11/c54-41-29-35(30-42(55)40(41)34-61-15-19-72-20-16-61)38-3-1-6-44-50(38)59-45(32-57-44)36-31-58-63(33-36)37-9-13-62(14-10-37)48(66)11-17-70-21-23-73-25-27-75-28-26-74-24-22-71-18-12-56-43-5-2-4-39-49(43)53(69)64(52(39)68)46-7-8-47(65)60-51(46)67/h1-6,29-33,37,46,56H,7-28,34H2,(H,60,65,67). The molecule has 5 aromatic rings. The molecule has 0 bridgehead atoms. The van der Waals surface area contributed by atoms with Gasteiger partial charge in [0.15, 0.2) is 0 Å². The van der Waals surface area contributed by atoms with Crippen LogP contribution in [0.5, 0.6) is 0 Å². The van der Waals surface area contributed by atoms with Crippen molar-refractivity contribution in [2.45, 2.75) is 50.7 Å². The fourth-order valence-corrected chi connectivity index (χ4v) is 9.57. The van der Waals surface area contributed by atoms with E-state index in [9.17, 15) is 24.0 Å². The molecule has 0 saturated carbocycles. The molecule has 398 valence electrons. The number of benzene rings is 3. The molecule has 0 radical (unpaired) electrons. The minimum atomic E-state index is -1.03. The molecule has 20 nitrogen and oxygen atoms in total. The summed E-state index contributed by atoms with van der Waals surface area (Å²) in [7, 11) is 0. The van der Waals surface area contributed by atoms with Crippen molar-refractivity contribution in [2.24, 2.45) is 0 Å². The molecule has 2 N–H and O–H groups in total. The van der Waals surface area contributed by atoms with Crippen LogP contribution in [0.4, 0.5) is 14.5 Å². The van der Waals surface area contributed by atoms with E-state index < -0.39 is 41.3 Å². The quantitative estimate of drug-likeness (QED) is 0.0611. The third kappa shape index (κ3) is 13.2. The Balaban J connectivity index is 0.593. The Bertz CT molecular complexity index is 2810. The summed E-state index contributed by atoms with van der Waals surface area (Å²) in [5.41, 5.74) is 4.34. The van der Waals surface area contributed by atoms with Crippen molar-refractivity contribution < 1.29 is 61.2 Å². The van der Waals surface area contributed by atoms with Crippen molar-refractivity contribution in [1.29, 1.82) is 0 Å². The van der Waals surface area contributed by atoms with Crippen LogP contribution in [-0.2, 0) is 49.3 Å². The zero-order valence-corrected chi connectivity index (χ0v) is 41.6. The minimum Gasteiger partial charge on any atom is -0.382 e. The van der Waals surface area contributed by atoms with E-state index in [-0.39, 0.29) is 54.4 Å². The largest absolute Gasteiger partial charge is 0.382 e. The van der Waals surface area contributed by atoms with Gasteiger partial charge in [0.25, 0.3) is 11.8 Å². The lowest BCUT2D eigenvalue weighted by Gasteiger charge is -2.32. The molecule has 3 fully saturated rings. The van der Waals surface area contributed by atoms with E-state index >= 15 is 8.78 Å². The Morgan fingerprint density at radius 3 is 2.09 bits per heavy atom. The number of imide groups is 2. The van der Waals surface area contributed by atoms with Crippen molar-refractivity contribution in [1.82, 2.24) is 39.8 Å². The zero-order valence-electron chi connectivity index (χ0n) is 41.6. The SMILES string of the molecule is O=C1CCC(N2C(=O)c3cccc(NCCOCCOCCOCCOCCOCCC(=O)N4CCC(n5cc(-c6cnc7cccc(-c8cc(F)c(CN9CCOCC9)c(F)c8)c7n6)cn5)CC4)c3C2=O)C(=O)N1. The number of hydrogen-bond acceptors (Lipinski definition) is 16. The van der Waals surface area contributed by atoms with E-state index in [1.807, 2.05) is 26.7 Å². The number of likely N-dealkylation sites (tertiary alicyclic amines) is 1. The van der Waals surface area contributed by atoms with Crippen LogP contribution >= 0.6 is 0 Å². The molecule has 4 aliphatic rings. The number of para-hydroxylation sites is 1. The molecule has 4 aliphatic heterocycles. The first-order chi connectivity index (χ1) is 36.6. The van der Waals surface area contributed by atoms with Gasteiger partial charge < -0.3 is 38.6 Å². The number of amides is 5. The number of aromatic nitrogens is 4. The number of rotatable bonds is 25. The second-order valence-electron chi connectivity index (χ2n) is 18.5. The second-order valence-corrected chi connectivity index (χ2v) is 18.5. The van der Waals surface area contributed by atoms with Gasteiger partial charge in [-0.05, 0) is 55.2 Å². The van der Waals surface area contributed by atoms with Crippen LogP contribution in [0.25, 0.3) is 33.4 Å². The lowest BCUT2D eigenvalue weighted by atomic mass is 10.0. The number of carbonyl (C=O) groups is 5. The number of morpholine rings is 1. The maximum atomic E-state index is 15.4. The fourth-order valence-electron chi connectivity index (χ4n) is 9.57. The van der Waals surface area contributed by atoms with Gasteiger partial charge in [-0.15, -0.1) is 0 Å². The van der Waals surface area contributed by atoms with Gasteiger partial charge in [0, 0.05) is 74.3 Å². The number of carbonyl (C=O) groups excluding carboxylic acids is 5. The highest BCUT2D eigenvalue weighted by molar-refractivity contribution is 6.25. The first kappa shape index (κ1) is 53.2. The van der Waals surface area contributed by atoms with Gasteiger partial charge in [0.2, 0.25) is 17.7 Å². The number of hydrogen-bond donors (Lipinski definition) is 2. The number of nitrogens with zero attached hydrogens (tertiary/aromatic N) is 7. The van der Waals surface area contributed by atoms with Crippen LogP contribution in [0.1, 0.15) is 64.4 Å². The van der Waals surface area contributed by atoms with Crippen molar-refractivity contribution in [2.75, 3.05) is 117 Å². The summed E-state index contributed by atoms with van der Waals surface area (Å²) in [6, 6.07) is 12.1. The van der Waals surface area contributed by atoms with E-state index in [0.29, 0.717) is 146 Å². The lowest BCUT2D eigenvalue weighted by molar-refractivity contribution is -0.136. The minimum absolute atomic E-state index is 0.0375. The predicted octanol–water partition coefficient (Wildman–Crippen LogP) is 4.42. The Kier molecular flexibility index (Phi) is 18.2. The maximum absolute atomic E-state index is 15.4. The van der Waals surface area contributed by atoms with Crippen molar-refractivity contribution >= 4 is 46.3 Å². The molecule has 6 heterocycles. The number of fused-ring (bicyclic) bond motifs is 2. The zero-order chi connectivity index (χ0) is 52.1. The summed E-state index contributed by atoms with van der Waals surface area (Å²) in [6.45, 7) is 7.63. The number of ether oxygens (including phenoxy) is 6. The van der Waals surface area contributed by atoms with Gasteiger partial charge in [-0.1, -0.05) is 18.2 Å². The third-order valence-corrected chi connectivity index (χ3v) is 13.6. The number of nitrogens with one attached hydrogen (secondary N) is 2. The average molecular weight is 1040 g/mol. The number of anilines is 1. The Hall–Kier alpha value is -6.66. The molecule has 3 aromatic carbocycles. The van der Waals surface area contributed by atoms with Crippen LogP contribution in [-0.4, -0.2) is 182 Å². The molecule has 1 unspecified atom stereocenters. The smallest absolute Gasteiger partial charge is 0.264 e. The normalized spacial score (nSPS) is 17.5. The molecular formula is C53H61F2N9O11. The molecule has 22 heteroatoms. The molecule has 75 heavy (non-hydrogen) atoms. The summed E-state index contributed by atoms with van der Waals surface area (Å²) in [5, 5.41) is 9.97. The van der Waals surface area contributed by atoms with Gasteiger partial charge in [0.05, 0.1) is 132 Å².